The van der Waals surface area contributed by atoms with Crippen LogP contribution in [0, 0.1) is 0 Å². The zero-order chi connectivity index (χ0) is 19.4. The molecule has 1 aliphatic rings. The molecule has 1 fully saturated rings. The van der Waals surface area contributed by atoms with Crippen LogP contribution in [0.5, 0.6) is 17.2 Å². The van der Waals surface area contributed by atoms with E-state index in [1.54, 1.807) is 18.2 Å². The van der Waals surface area contributed by atoms with Crippen LogP contribution in [-0.2, 0) is 4.79 Å². The van der Waals surface area contributed by atoms with Crippen molar-refractivity contribution in [1.82, 2.24) is 5.32 Å². The molecule has 0 aromatic heterocycles. The summed E-state index contributed by atoms with van der Waals surface area (Å²) in [5, 5.41) is 13.2. The number of rotatable bonds is 5. The molecular weight excluding hydrogens is 388 g/mol. The van der Waals surface area contributed by atoms with Gasteiger partial charge in [-0.15, -0.1) is 0 Å². The Labute approximate surface area is 165 Å². The standard InChI is InChI=1S/C19H17ClN2O4S/c1-3-26-13-6-4-12(5-7-13)21-19-22-18(24)16(27-19)10-11-8-14(20)17(23)15(9-11)25-2/h4-10,23H,3H2,1-2H3,(H,21,22,24). The Balaban J connectivity index is 1.81. The Morgan fingerprint density at radius 1 is 1.30 bits per heavy atom. The Hall–Kier alpha value is -2.64. The van der Waals surface area contributed by atoms with E-state index in [4.69, 9.17) is 21.1 Å². The fraction of sp³-hybridized carbons (Fsp3) is 0.158. The summed E-state index contributed by atoms with van der Waals surface area (Å²) in [4.78, 5) is 17.1. The van der Waals surface area contributed by atoms with Crippen molar-refractivity contribution in [2.45, 2.75) is 6.92 Å². The molecule has 2 aromatic rings. The maximum Gasteiger partial charge on any atom is 0.264 e. The van der Waals surface area contributed by atoms with E-state index >= 15 is 0 Å². The van der Waals surface area contributed by atoms with Crippen LogP contribution >= 0.6 is 23.4 Å². The van der Waals surface area contributed by atoms with Gasteiger partial charge in [-0.3, -0.25) is 4.79 Å². The minimum absolute atomic E-state index is 0.136. The van der Waals surface area contributed by atoms with E-state index < -0.39 is 0 Å². The molecule has 0 radical (unpaired) electrons. The van der Waals surface area contributed by atoms with Crippen LogP contribution in [0.1, 0.15) is 12.5 Å². The number of hydrogen-bond acceptors (Lipinski definition) is 6. The number of ether oxygens (including phenoxy) is 2. The summed E-state index contributed by atoms with van der Waals surface area (Å²) in [5.74, 6) is 0.611. The number of aliphatic imine (C=N–C) groups is 1. The number of phenols is 1. The second-order valence-electron chi connectivity index (χ2n) is 5.46. The first kappa shape index (κ1) is 19.1. The second kappa shape index (κ2) is 8.37. The lowest BCUT2D eigenvalue weighted by Gasteiger charge is -2.06. The summed E-state index contributed by atoms with van der Waals surface area (Å²) in [6, 6.07) is 10.4. The fourth-order valence-corrected chi connectivity index (χ4v) is 3.43. The highest BCUT2D eigenvalue weighted by Crippen LogP contribution is 2.37. The van der Waals surface area contributed by atoms with E-state index in [2.05, 4.69) is 10.3 Å². The number of amides is 1. The van der Waals surface area contributed by atoms with Gasteiger partial charge in [-0.25, -0.2) is 4.99 Å². The maximum absolute atomic E-state index is 12.2. The molecular formula is C19H17ClN2O4S. The van der Waals surface area contributed by atoms with Crippen molar-refractivity contribution >= 4 is 46.2 Å². The highest BCUT2D eigenvalue weighted by atomic mass is 35.5. The van der Waals surface area contributed by atoms with Gasteiger partial charge < -0.3 is 19.9 Å². The number of aromatic hydroxyl groups is 1. The van der Waals surface area contributed by atoms with Crippen LogP contribution in [-0.4, -0.2) is 29.9 Å². The van der Waals surface area contributed by atoms with Crippen LogP contribution in [0.15, 0.2) is 46.3 Å². The molecule has 0 saturated carbocycles. The average Bonchev–Trinajstić information content (AvgIpc) is 2.99. The van der Waals surface area contributed by atoms with Crippen LogP contribution in [0.25, 0.3) is 6.08 Å². The van der Waals surface area contributed by atoms with Gasteiger partial charge in [-0.1, -0.05) is 11.6 Å². The number of halogens is 1. The van der Waals surface area contributed by atoms with Crippen molar-refractivity contribution in [3.63, 3.8) is 0 Å². The predicted molar refractivity (Wildman–Crippen MR) is 108 cm³/mol. The van der Waals surface area contributed by atoms with E-state index in [1.165, 1.54) is 18.9 Å². The second-order valence-corrected chi connectivity index (χ2v) is 6.90. The lowest BCUT2D eigenvalue weighted by Crippen LogP contribution is -2.19. The van der Waals surface area contributed by atoms with Gasteiger partial charge in [0.05, 0.1) is 29.3 Å². The smallest absolute Gasteiger partial charge is 0.264 e. The molecule has 27 heavy (non-hydrogen) atoms. The van der Waals surface area contributed by atoms with Crippen molar-refractivity contribution in [1.29, 1.82) is 0 Å². The number of phenolic OH excluding ortho intramolecular Hbond substituents is 1. The minimum Gasteiger partial charge on any atom is -0.503 e. The molecule has 0 aliphatic carbocycles. The normalized spacial score (nSPS) is 16.6. The molecule has 6 nitrogen and oxygen atoms in total. The van der Waals surface area contributed by atoms with Gasteiger partial charge in [-0.05, 0) is 66.7 Å². The van der Waals surface area contributed by atoms with Gasteiger partial charge in [0.2, 0.25) is 0 Å². The van der Waals surface area contributed by atoms with Crippen LogP contribution in [0.4, 0.5) is 5.69 Å². The molecule has 2 N–H and O–H groups in total. The Bertz CT molecular complexity index is 926. The van der Waals surface area contributed by atoms with E-state index in [9.17, 15) is 9.90 Å². The summed E-state index contributed by atoms with van der Waals surface area (Å²) in [5.41, 5.74) is 1.34. The number of amidine groups is 1. The van der Waals surface area contributed by atoms with Gasteiger partial charge in [-0.2, -0.15) is 0 Å². The highest BCUT2D eigenvalue weighted by Gasteiger charge is 2.24. The predicted octanol–water partition coefficient (Wildman–Crippen LogP) is 4.34. The molecule has 140 valence electrons. The van der Waals surface area contributed by atoms with Crippen molar-refractivity contribution in [3.8, 4) is 17.2 Å². The van der Waals surface area contributed by atoms with E-state index in [0.29, 0.717) is 27.9 Å². The molecule has 0 spiro atoms. The molecule has 3 rings (SSSR count). The van der Waals surface area contributed by atoms with Crippen molar-refractivity contribution in [3.05, 3.63) is 51.9 Å². The lowest BCUT2D eigenvalue weighted by atomic mass is 10.2. The summed E-state index contributed by atoms with van der Waals surface area (Å²) in [6.07, 6.45) is 1.66. The zero-order valence-corrected chi connectivity index (χ0v) is 16.2. The van der Waals surface area contributed by atoms with E-state index in [1.807, 2.05) is 31.2 Å². The molecule has 1 saturated heterocycles. The quantitative estimate of drug-likeness (QED) is 0.724. The third-order valence-corrected chi connectivity index (χ3v) is 4.80. The number of carbonyl (C=O) groups is 1. The maximum atomic E-state index is 12.2. The minimum atomic E-state index is -0.257. The monoisotopic (exact) mass is 404 g/mol. The Morgan fingerprint density at radius 2 is 2.04 bits per heavy atom. The van der Waals surface area contributed by atoms with Crippen LogP contribution in [0.3, 0.4) is 0 Å². The molecule has 0 unspecified atom stereocenters. The van der Waals surface area contributed by atoms with Crippen molar-refractivity contribution in [2.24, 2.45) is 4.99 Å². The molecule has 8 heteroatoms. The third-order valence-electron chi connectivity index (χ3n) is 3.60. The molecule has 2 aromatic carbocycles. The largest absolute Gasteiger partial charge is 0.503 e. The summed E-state index contributed by atoms with van der Waals surface area (Å²) < 4.78 is 10.5. The van der Waals surface area contributed by atoms with Crippen LogP contribution < -0.4 is 14.8 Å². The SMILES string of the molecule is CCOc1ccc(N=C2NC(=O)C(=Cc3cc(Cl)c(O)c(OC)c3)S2)cc1. The summed E-state index contributed by atoms with van der Waals surface area (Å²) in [7, 11) is 1.43. The molecule has 1 amide bonds. The van der Waals surface area contributed by atoms with E-state index in [-0.39, 0.29) is 22.4 Å². The van der Waals surface area contributed by atoms with Crippen LogP contribution in [0.2, 0.25) is 5.02 Å². The molecule has 0 bridgehead atoms. The lowest BCUT2D eigenvalue weighted by molar-refractivity contribution is -0.115. The highest BCUT2D eigenvalue weighted by molar-refractivity contribution is 8.18. The zero-order valence-electron chi connectivity index (χ0n) is 14.7. The number of carbonyl (C=O) groups excluding carboxylic acids is 1. The average molecular weight is 405 g/mol. The number of nitrogens with one attached hydrogen (secondary N) is 1. The topological polar surface area (TPSA) is 80.2 Å². The first-order chi connectivity index (χ1) is 13.0. The Morgan fingerprint density at radius 3 is 2.70 bits per heavy atom. The molecule has 1 aliphatic heterocycles. The van der Waals surface area contributed by atoms with Gasteiger partial charge in [0.25, 0.3) is 5.91 Å². The number of benzene rings is 2. The van der Waals surface area contributed by atoms with Gasteiger partial charge in [0.15, 0.2) is 16.7 Å². The summed E-state index contributed by atoms with van der Waals surface area (Å²) >= 11 is 7.21. The number of thioether (sulfide) groups is 1. The fourth-order valence-electron chi connectivity index (χ4n) is 2.37. The van der Waals surface area contributed by atoms with Crippen molar-refractivity contribution in [2.75, 3.05) is 13.7 Å². The number of nitrogens with zero attached hydrogens (tertiary/aromatic N) is 1. The van der Waals surface area contributed by atoms with Gasteiger partial charge in [0.1, 0.15) is 5.75 Å². The summed E-state index contributed by atoms with van der Waals surface area (Å²) in [6.45, 7) is 2.52. The first-order valence-corrected chi connectivity index (χ1v) is 9.28. The van der Waals surface area contributed by atoms with Gasteiger partial charge >= 0.3 is 0 Å². The van der Waals surface area contributed by atoms with Crippen molar-refractivity contribution < 1.29 is 19.4 Å². The Kier molecular flexibility index (Phi) is 5.93. The first-order valence-electron chi connectivity index (χ1n) is 8.09. The number of hydrogen-bond donors (Lipinski definition) is 2. The van der Waals surface area contributed by atoms with Gasteiger partial charge in [0, 0.05) is 0 Å². The van der Waals surface area contributed by atoms with E-state index in [0.717, 1.165) is 5.75 Å². The molecule has 1 heterocycles. The molecule has 0 atom stereocenters. The third kappa shape index (κ3) is 4.56. The number of methoxy groups -OCH3 is 1.